The van der Waals surface area contributed by atoms with Crippen molar-refractivity contribution >= 4 is 50.7 Å². The van der Waals surface area contributed by atoms with Crippen LogP contribution in [0.1, 0.15) is 29.8 Å². The van der Waals surface area contributed by atoms with Crippen molar-refractivity contribution in [3.8, 4) is 0 Å². The number of benzene rings is 3. The van der Waals surface area contributed by atoms with Crippen LogP contribution in [0.5, 0.6) is 0 Å². The molecule has 0 aromatic heterocycles. The molecule has 3 aromatic carbocycles. The van der Waals surface area contributed by atoms with Gasteiger partial charge < -0.3 is 5.32 Å². The standard InChI is InChI=1S/C23H20ClF3N2O3S2/c1-14(2)33-21-6-4-3-5-18(21)22(30)28-15-7-10-17(11-8-15)34(31,32)29-16-9-12-20(24)19(13-16)23(25,26)27/h3-14,29H,1-2H3,(H,28,30). The lowest BCUT2D eigenvalue weighted by molar-refractivity contribution is -0.137. The first-order chi connectivity index (χ1) is 15.9. The molecule has 0 saturated heterocycles. The summed E-state index contributed by atoms with van der Waals surface area (Å²) in [6, 6.07) is 15.1. The fourth-order valence-electron chi connectivity index (χ4n) is 2.95. The van der Waals surface area contributed by atoms with Gasteiger partial charge in [0.05, 0.1) is 21.0 Å². The highest BCUT2D eigenvalue weighted by atomic mass is 35.5. The summed E-state index contributed by atoms with van der Waals surface area (Å²) in [7, 11) is -4.18. The molecule has 0 aliphatic carbocycles. The van der Waals surface area contributed by atoms with Crippen LogP contribution in [0.4, 0.5) is 24.5 Å². The summed E-state index contributed by atoms with van der Waals surface area (Å²) in [5.74, 6) is -0.349. The number of thioether (sulfide) groups is 1. The number of sulfonamides is 1. The fraction of sp³-hybridized carbons (Fsp3) is 0.174. The van der Waals surface area contributed by atoms with Crippen LogP contribution in [0.2, 0.25) is 5.02 Å². The number of carbonyl (C=O) groups excluding carboxylic acids is 1. The number of nitrogens with one attached hydrogen (secondary N) is 2. The minimum Gasteiger partial charge on any atom is -0.322 e. The van der Waals surface area contributed by atoms with E-state index in [1.54, 1.807) is 23.9 Å². The highest BCUT2D eigenvalue weighted by Gasteiger charge is 2.33. The van der Waals surface area contributed by atoms with Gasteiger partial charge in [0, 0.05) is 21.5 Å². The van der Waals surface area contributed by atoms with E-state index in [9.17, 15) is 26.4 Å². The number of carbonyl (C=O) groups is 1. The molecule has 0 atom stereocenters. The van der Waals surface area contributed by atoms with E-state index < -0.39 is 26.8 Å². The number of amides is 1. The van der Waals surface area contributed by atoms with Crippen molar-refractivity contribution in [2.24, 2.45) is 0 Å². The monoisotopic (exact) mass is 528 g/mol. The highest BCUT2D eigenvalue weighted by Crippen LogP contribution is 2.36. The van der Waals surface area contributed by atoms with E-state index in [2.05, 4.69) is 10.0 Å². The molecule has 0 heterocycles. The van der Waals surface area contributed by atoms with Crippen LogP contribution in [0.3, 0.4) is 0 Å². The molecule has 34 heavy (non-hydrogen) atoms. The van der Waals surface area contributed by atoms with Crippen LogP contribution in [-0.2, 0) is 16.2 Å². The van der Waals surface area contributed by atoms with Gasteiger partial charge in [-0.25, -0.2) is 8.42 Å². The van der Waals surface area contributed by atoms with Crippen molar-refractivity contribution in [2.45, 2.75) is 35.1 Å². The summed E-state index contributed by atoms with van der Waals surface area (Å²) in [6.45, 7) is 4.03. The van der Waals surface area contributed by atoms with Crippen LogP contribution < -0.4 is 10.0 Å². The summed E-state index contributed by atoms with van der Waals surface area (Å²) in [4.78, 5) is 13.4. The Morgan fingerprint density at radius 3 is 2.21 bits per heavy atom. The lowest BCUT2D eigenvalue weighted by Gasteiger charge is -2.13. The van der Waals surface area contributed by atoms with Crippen molar-refractivity contribution < 1.29 is 26.4 Å². The van der Waals surface area contributed by atoms with E-state index in [-0.39, 0.29) is 21.7 Å². The van der Waals surface area contributed by atoms with Crippen LogP contribution in [-0.4, -0.2) is 19.6 Å². The van der Waals surface area contributed by atoms with E-state index in [0.717, 1.165) is 17.0 Å². The molecule has 180 valence electrons. The van der Waals surface area contributed by atoms with Crippen LogP contribution in [0.25, 0.3) is 0 Å². The molecule has 0 radical (unpaired) electrons. The Balaban J connectivity index is 1.76. The SMILES string of the molecule is CC(C)Sc1ccccc1C(=O)Nc1ccc(S(=O)(=O)Nc2ccc(Cl)c(C(F)(F)F)c2)cc1. The van der Waals surface area contributed by atoms with Gasteiger partial charge in [0.1, 0.15) is 0 Å². The first-order valence-corrected chi connectivity index (χ1v) is 12.7. The minimum atomic E-state index is -4.73. The molecule has 2 N–H and O–H groups in total. The predicted molar refractivity (Wildman–Crippen MR) is 129 cm³/mol. The summed E-state index contributed by atoms with van der Waals surface area (Å²) in [6.07, 6.45) is -4.73. The molecule has 0 spiro atoms. The van der Waals surface area contributed by atoms with Gasteiger partial charge in [-0.05, 0) is 54.6 Å². The Labute approximate surface area is 204 Å². The third-order valence-corrected chi connectivity index (χ3v) is 7.25. The van der Waals surface area contributed by atoms with Gasteiger partial charge in [-0.2, -0.15) is 13.2 Å². The first kappa shape index (κ1) is 25.9. The number of hydrogen-bond acceptors (Lipinski definition) is 4. The maximum Gasteiger partial charge on any atom is 0.417 e. The predicted octanol–water partition coefficient (Wildman–Crippen LogP) is 6.91. The topological polar surface area (TPSA) is 75.3 Å². The molecule has 0 aliphatic rings. The van der Waals surface area contributed by atoms with Crippen molar-refractivity contribution in [1.82, 2.24) is 0 Å². The molecule has 0 fully saturated rings. The van der Waals surface area contributed by atoms with Gasteiger partial charge in [0.15, 0.2) is 0 Å². The maximum atomic E-state index is 13.0. The average Bonchev–Trinajstić information content (AvgIpc) is 2.74. The minimum absolute atomic E-state index is 0.190. The Bertz CT molecular complexity index is 1300. The summed E-state index contributed by atoms with van der Waals surface area (Å²) in [5.41, 5.74) is -0.585. The van der Waals surface area contributed by atoms with Crippen LogP contribution >= 0.6 is 23.4 Å². The van der Waals surface area contributed by atoms with Gasteiger partial charge in [-0.1, -0.05) is 37.6 Å². The lowest BCUT2D eigenvalue weighted by atomic mass is 10.2. The van der Waals surface area contributed by atoms with Crippen molar-refractivity contribution in [2.75, 3.05) is 10.0 Å². The smallest absolute Gasteiger partial charge is 0.322 e. The summed E-state index contributed by atoms with van der Waals surface area (Å²) < 4.78 is 66.5. The molecular weight excluding hydrogens is 509 g/mol. The van der Waals surface area contributed by atoms with Crippen molar-refractivity contribution in [1.29, 1.82) is 0 Å². The summed E-state index contributed by atoms with van der Waals surface area (Å²) >= 11 is 7.12. The Kier molecular flexibility index (Phi) is 7.84. The third kappa shape index (κ3) is 6.46. The maximum absolute atomic E-state index is 13.0. The van der Waals surface area contributed by atoms with E-state index >= 15 is 0 Å². The second kappa shape index (κ2) is 10.3. The van der Waals surface area contributed by atoms with E-state index in [4.69, 9.17) is 11.6 Å². The highest BCUT2D eigenvalue weighted by molar-refractivity contribution is 8.00. The quantitative estimate of drug-likeness (QED) is 0.327. The number of rotatable bonds is 7. The van der Waals surface area contributed by atoms with Crippen molar-refractivity contribution in [3.05, 3.63) is 82.9 Å². The number of hydrogen-bond donors (Lipinski definition) is 2. The average molecular weight is 529 g/mol. The second-order valence-electron chi connectivity index (χ2n) is 7.44. The molecule has 3 rings (SSSR count). The number of anilines is 2. The zero-order valence-electron chi connectivity index (χ0n) is 18.0. The number of halogens is 4. The number of alkyl halides is 3. The molecule has 0 unspecified atom stereocenters. The van der Waals surface area contributed by atoms with Gasteiger partial charge in [-0.15, -0.1) is 11.8 Å². The normalized spacial score (nSPS) is 12.0. The Hall–Kier alpha value is -2.69. The zero-order valence-corrected chi connectivity index (χ0v) is 20.4. The zero-order chi connectivity index (χ0) is 25.1. The first-order valence-electron chi connectivity index (χ1n) is 9.93. The Morgan fingerprint density at radius 2 is 1.59 bits per heavy atom. The molecule has 0 aliphatic heterocycles. The van der Waals surface area contributed by atoms with E-state index in [0.29, 0.717) is 17.3 Å². The van der Waals surface area contributed by atoms with Gasteiger partial charge in [0.25, 0.3) is 15.9 Å². The Morgan fingerprint density at radius 1 is 0.971 bits per heavy atom. The van der Waals surface area contributed by atoms with Crippen molar-refractivity contribution in [3.63, 3.8) is 0 Å². The molecule has 5 nitrogen and oxygen atoms in total. The van der Waals surface area contributed by atoms with E-state index in [1.807, 2.05) is 26.0 Å². The lowest BCUT2D eigenvalue weighted by Crippen LogP contribution is -2.15. The molecule has 3 aromatic rings. The molecule has 11 heteroatoms. The molecular formula is C23H20ClF3N2O3S2. The second-order valence-corrected chi connectivity index (χ2v) is 11.1. The van der Waals surface area contributed by atoms with Crippen LogP contribution in [0.15, 0.2) is 76.5 Å². The fourth-order valence-corrected chi connectivity index (χ4v) is 5.17. The van der Waals surface area contributed by atoms with Gasteiger partial charge >= 0.3 is 6.18 Å². The molecule has 0 saturated carbocycles. The van der Waals surface area contributed by atoms with Gasteiger partial charge in [-0.3, -0.25) is 9.52 Å². The molecule has 0 bridgehead atoms. The summed E-state index contributed by atoms with van der Waals surface area (Å²) in [5, 5.41) is 2.46. The largest absolute Gasteiger partial charge is 0.417 e. The van der Waals surface area contributed by atoms with E-state index in [1.165, 1.54) is 24.3 Å². The third-order valence-electron chi connectivity index (χ3n) is 4.44. The molecule has 1 amide bonds. The van der Waals surface area contributed by atoms with Crippen LogP contribution in [0, 0.1) is 0 Å². The van der Waals surface area contributed by atoms with Gasteiger partial charge in [0.2, 0.25) is 0 Å².